The highest BCUT2D eigenvalue weighted by Gasteiger charge is 2.08. The third kappa shape index (κ3) is 2.67. The van der Waals surface area contributed by atoms with Gasteiger partial charge in [0.15, 0.2) is 5.11 Å². The Kier molecular flexibility index (Phi) is 3.35. The van der Waals surface area contributed by atoms with Crippen molar-refractivity contribution in [2.24, 2.45) is 5.73 Å². The van der Waals surface area contributed by atoms with Crippen molar-refractivity contribution >= 4 is 23.2 Å². The normalized spacial score (nSPS) is 9.21. The van der Waals surface area contributed by atoms with Gasteiger partial charge in [-0.2, -0.15) is 0 Å². The van der Waals surface area contributed by atoms with Crippen LogP contribution in [-0.4, -0.2) is 16.0 Å². The zero-order valence-electron chi connectivity index (χ0n) is 7.57. The Labute approximate surface area is 86.7 Å². The van der Waals surface area contributed by atoms with E-state index < -0.39 is 0 Å². The molecular formula is C8H10N4OS. The molecule has 74 valence electrons. The van der Waals surface area contributed by atoms with Crippen LogP contribution in [0.2, 0.25) is 0 Å². The fraction of sp³-hybridized carbons (Fsp3) is 0.125. The standard InChI is InChI=1S/C8H10N4OS/c1-5-3-2-4-10-6(5)7(13)11-12-8(9)14/h2-4H,1H3,(H,11,13)(H3,9,12,14). The minimum atomic E-state index is -0.365. The Bertz CT molecular complexity index is 366. The number of nitrogens with zero attached hydrogens (tertiary/aromatic N) is 1. The molecule has 5 nitrogen and oxygen atoms in total. The summed E-state index contributed by atoms with van der Waals surface area (Å²) in [6.07, 6.45) is 1.54. The van der Waals surface area contributed by atoms with Crippen molar-refractivity contribution in [2.75, 3.05) is 0 Å². The number of carbonyl (C=O) groups is 1. The molecule has 6 heteroatoms. The van der Waals surface area contributed by atoms with Crippen molar-refractivity contribution in [3.05, 3.63) is 29.6 Å². The maximum Gasteiger partial charge on any atom is 0.288 e. The largest absolute Gasteiger partial charge is 0.375 e. The molecule has 0 spiro atoms. The molecule has 4 N–H and O–H groups in total. The van der Waals surface area contributed by atoms with E-state index in [9.17, 15) is 4.79 Å². The van der Waals surface area contributed by atoms with Gasteiger partial charge in [0, 0.05) is 6.20 Å². The molecule has 0 radical (unpaired) electrons. The van der Waals surface area contributed by atoms with E-state index in [1.165, 1.54) is 0 Å². The summed E-state index contributed by atoms with van der Waals surface area (Å²) in [6, 6.07) is 3.55. The van der Waals surface area contributed by atoms with E-state index in [0.29, 0.717) is 5.69 Å². The van der Waals surface area contributed by atoms with Gasteiger partial charge in [-0.05, 0) is 30.8 Å². The molecule has 0 aliphatic heterocycles. The molecule has 0 aliphatic carbocycles. The molecule has 0 bridgehead atoms. The van der Waals surface area contributed by atoms with E-state index in [-0.39, 0.29) is 11.0 Å². The number of thiocarbonyl (C=S) groups is 1. The molecule has 1 heterocycles. The van der Waals surface area contributed by atoms with Gasteiger partial charge in [0.1, 0.15) is 5.69 Å². The average molecular weight is 210 g/mol. The van der Waals surface area contributed by atoms with Gasteiger partial charge in [-0.25, -0.2) is 0 Å². The molecule has 0 saturated heterocycles. The fourth-order valence-electron chi connectivity index (χ4n) is 0.901. The maximum absolute atomic E-state index is 11.4. The first-order valence-electron chi connectivity index (χ1n) is 3.88. The SMILES string of the molecule is Cc1cccnc1C(=O)NNC(N)=S. The van der Waals surface area contributed by atoms with Crippen LogP contribution in [0.5, 0.6) is 0 Å². The van der Waals surface area contributed by atoms with E-state index in [4.69, 9.17) is 5.73 Å². The lowest BCUT2D eigenvalue weighted by molar-refractivity contribution is 0.0938. The molecule has 0 aliphatic rings. The van der Waals surface area contributed by atoms with Crippen LogP contribution in [0.1, 0.15) is 16.1 Å². The summed E-state index contributed by atoms with van der Waals surface area (Å²) in [5.74, 6) is -0.365. The average Bonchev–Trinajstić information content (AvgIpc) is 2.15. The number of aryl methyl sites for hydroxylation is 1. The van der Waals surface area contributed by atoms with Crippen LogP contribution in [-0.2, 0) is 0 Å². The van der Waals surface area contributed by atoms with Crippen LogP contribution in [0.4, 0.5) is 0 Å². The minimum Gasteiger partial charge on any atom is -0.375 e. The van der Waals surface area contributed by atoms with Gasteiger partial charge in [-0.3, -0.25) is 20.6 Å². The molecule has 0 aromatic carbocycles. The second-order valence-corrected chi connectivity index (χ2v) is 3.05. The summed E-state index contributed by atoms with van der Waals surface area (Å²) >= 11 is 4.53. The van der Waals surface area contributed by atoms with Crippen LogP contribution < -0.4 is 16.6 Å². The Morgan fingerprint density at radius 1 is 1.57 bits per heavy atom. The van der Waals surface area contributed by atoms with E-state index in [1.54, 1.807) is 25.3 Å². The molecule has 0 fully saturated rings. The summed E-state index contributed by atoms with van der Waals surface area (Å²) < 4.78 is 0. The van der Waals surface area contributed by atoms with E-state index in [2.05, 4.69) is 28.1 Å². The third-order valence-corrected chi connectivity index (χ3v) is 1.63. The molecule has 1 amide bonds. The van der Waals surface area contributed by atoms with E-state index in [1.807, 2.05) is 0 Å². The molecule has 14 heavy (non-hydrogen) atoms. The quantitative estimate of drug-likeness (QED) is 0.444. The van der Waals surface area contributed by atoms with Crippen LogP contribution in [0.25, 0.3) is 0 Å². The Hall–Kier alpha value is -1.69. The van der Waals surface area contributed by atoms with Crippen molar-refractivity contribution in [3.63, 3.8) is 0 Å². The number of carbonyl (C=O) groups excluding carboxylic acids is 1. The fourth-order valence-corrected chi connectivity index (χ4v) is 0.952. The maximum atomic E-state index is 11.4. The topological polar surface area (TPSA) is 80.0 Å². The number of hydrogen-bond acceptors (Lipinski definition) is 3. The summed E-state index contributed by atoms with van der Waals surface area (Å²) in [4.78, 5) is 15.3. The monoisotopic (exact) mass is 210 g/mol. The Morgan fingerprint density at radius 2 is 2.29 bits per heavy atom. The lowest BCUT2D eigenvalue weighted by atomic mass is 10.2. The first-order valence-corrected chi connectivity index (χ1v) is 4.29. The van der Waals surface area contributed by atoms with Gasteiger partial charge in [0.25, 0.3) is 5.91 Å². The van der Waals surface area contributed by atoms with E-state index in [0.717, 1.165) is 5.56 Å². The zero-order valence-corrected chi connectivity index (χ0v) is 8.39. The number of rotatable bonds is 1. The molecule has 1 aromatic rings. The lowest BCUT2D eigenvalue weighted by Gasteiger charge is -2.06. The van der Waals surface area contributed by atoms with Gasteiger partial charge in [0.2, 0.25) is 0 Å². The minimum absolute atomic E-state index is 0.00642. The molecule has 0 unspecified atom stereocenters. The summed E-state index contributed by atoms with van der Waals surface area (Å²) in [5.41, 5.74) is 10.9. The van der Waals surface area contributed by atoms with Crippen molar-refractivity contribution in [1.29, 1.82) is 0 Å². The number of aromatic nitrogens is 1. The van der Waals surface area contributed by atoms with Gasteiger partial charge in [-0.1, -0.05) is 6.07 Å². The number of hydrazine groups is 1. The Morgan fingerprint density at radius 3 is 2.86 bits per heavy atom. The third-order valence-electron chi connectivity index (χ3n) is 1.52. The number of hydrogen-bond donors (Lipinski definition) is 3. The predicted molar refractivity (Wildman–Crippen MR) is 56.4 cm³/mol. The second-order valence-electron chi connectivity index (χ2n) is 2.61. The van der Waals surface area contributed by atoms with Gasteiger partial charge in [-0.15, -0.1) is 0 Å². The van der Waals surface area contributed by atoms with Gasteiger partial charge < -0.3 is 5.73 Å². The van der Waals surface area contributed by atoms with Crippen LogP contribution in [0, 0.1) is 6.92 Å². The summed E-state index contributed by atoms with van der Waals surface area (Å²) in [5, 5.41) is 0.00642. The highest BCUT2D eigenvalue weighted by Crippen LogP contribution is 2.01. The molecule has 0 atom stereocenters. The smallest absolute Gasteiger partial charge is 0.288 e. The number of nitrogens with two attached hydrogens (primary N) is 1. The molecule has 1 rings (SSSR count). The Balaban J connectivity index is 2.70. The molecule has 0 saturated carbocycles. The van der Waals surface area contributed by atoms with Gasteiger partial charge in [0.05, 0.1) is 0 Å². The lowest BCUT2D eigenvalue weighted by Crippen LogP contribution is -2.44. The van der Waals surface area contributed by atoms with Crippen LogP contribution in [0.3, 0.4) is 0 Å². The van der Waals surface area contributed by atoms with Crippen LogP contribution in [0.15, 0.2) is 18.3 Å². The predicted octanol–water partition coefficient (Wildman–Crippen LogP) is -0.132. The van der Waals surface area contributed by atoms with Crippen molar-refractivity contribution in [3.8, 4) is 0 Å². The highest BCUT2D eigenvalue weighted by atomic mass is 32.1. The van der Waals surface area contributed by atoms with Crippen molar-refractivity contribution in [1.82, 2.24) is 15.8 Å². The van der Waals surface area contributed by atoms with E-state index >= 15 is 0 Å². The number of amides is 1. The first-order chi connectivity index (χ1) is 6.61. The second kappa shape index (κ2) is 4.52. The van der Waals surface area contributed by atoms with Crippen LogP contribution >= 0.6 is 12.2 Å². The molecule has 1 aromatic heterocycles. The number of pyridine rings is 1. The van der Waals surface area contributed by atoms with Crippen molar-refractivity contribution < 1.29 is 4.79 Å². The van der Waals surface area contributed by atoms with Gasteiger partial charge >= 0.3 is 0 Å². The highest BCUT2D eigenvalue weighted by molar-refractivity contribution is 7.80. The zero-order chi connectivity index (χ0) is 10.6. The number of nitrogens with one attached hydrogen (secondary N) is 2. The summed E-state index contributed by atoms with van der Waals surface area (Å²) in [7, 11) is 0. The molecular weight excluding hydrogens is 200 g/mol. The van der Waals surface area contributed by atoms with Crippen molar-refractivity contribution in [2.45, 2.75) is 6.92 Å². The summed E-state index contributed by atoms with van der Waals surface area (Å²) in [6.45, 7) is 1.79. The first kappa shape index (κ1) is 10.4.